The van der Waals surface area contributed by atoms with Crippen molar-refractivity contribution in [3.8, 4) is 0 Å². The fraction of sp³-hybridized carbons (Fsp3) is 0.462. The normalized spacial score (nSPS) is 12.7. The van der Waals surface area contributed by atoms with Crippen LogP contribution in [0.4, 0.5) is 5.82 Å². The molecule has 2 N–H and O–H groups in total. The van der Waals surface area contributed by atoms with Crippen LogP contribution in [0.2, 0.25) is 5.28 Å². The van der Waals surface area contributed by atoms with Gasteiger partial charge in [0.05, 0.1) is 5.39 Å². The number of hydrogen-bond donors (Lipinski definition) is 2. The third kappa shape index (κ3) is 3.58. The van der Waals surface area contributed by atoms with Crippen LogP contribution < -0.4 is 10.6 Å². The van der Waals surface area contributed by atoms with Crippen molar-refractivity contribution in [1.82, 2.24) is 15.3 Å². The average Bonchev–Trinajstić information content (AvgIpc) is 2.83. The van der Waals surface area contributed by atoms with Gasteiger partial charge in [0, 0.05) is 6.54 Å². The summed E-state index contributed by atoms with van der Waals surface area (Å²) in [6.07, 6.45) is 0. The lowest BCUT2D eigenvalue weighted by Crippen LogP contribution is -2.39. The van der Waals surface area contributed by atoms with Gasteiger partial charge in [-0.15, -0.1) is 11.3 Å². The van der Waals surface area contributed by atoms with Crippen molar-refractivity contribution >= 4 is 44.9 Å². The Labute approximate surface area is 126 Å². The van der Waals surface area contributed by atoms with Crippen LogP contribution in [0.1, 0.15) is 20.8 Å². The van der Waals surface area contributed by atoms with Crippen molar-refractivity contribution in [2.75, 3.05) is 11.9 Å². The van der Waals surface area contributed by atoms with E-state index in [-0.39, 0.29) is 17.2 Å². The van der Waals surface area contributed by atoms with Gasteiger partial charge in [-0.2, -0.15) is 0 Å². The molecule has 0 aliphatic rings. The van der Waals surface area contributed by atoms with Crippen molar-refractivity contribution < 1.29 is 4.79 Å². The van der Waals surface area contributed by atoms with E-state index in [1.165, 1.54) is 11.3 Å². The van der Waals surface area contributed by atoms with Crippen LogP contribution in [-0.4, -0.2) is 28.5 Å². The van der Waals surface area contributed by atoms with E-state index in [0.29, 0.717) is 18.3 Å². The first-order valence-corrected chi connectivity index (χ1v) is 7.68. The molecular formula is C13H17ClN4OS. The summed E-state index contributed by atoms with van der Waals surface area (Å²) in [5.74, 6) is 0.952. The number of carbonyl (C=O) groups is 1. The molecular weight excluding hydrogens is 296 g/mol. The Morgan fingerprint density at radius 2 is 2.15 bits per heavy atom. The molecule has 108 valence electrons. The summed E-state index contributed by atoms with van der Waals surface area (Å²) >= 11 is 7.38. The van der Waals surface area contributed by atoms with Gasteiger partial charge in [0.1, 0.15) is 16.7 Å². The van der Waals surface area contributed by atoms with E-state index in [1.54, 1.807) is 6.92 Å². The molecule has 0 saturated carbocycles. The second-order valence-corrected chi connectivity index (χ2v) is 6.22. The molecule has 1 amide bonds. The van der Waals surface area contributed by atoms with E-state index in [2.05, 4.69) is 34.4 Å². The van der Waals surface area contributed by atoms with E-state index in [0.717, 1.165) is 10.2 Å². The Bertz CT molecular complexity index is 613. The standard InChI is InChI=1S/C13H17ClN4OS/c1-7(2)6-15-11(19)8(3)16-10-9-4-5-20-12(9)18-13(14)17-10/h4-5,7-8H,6H2,1-3H3,(H,15,19)(H,16,17,18). The van der Waals surface area contributed by atoms with Crippen LogP contribution in [0, 0.1) is 5.92 Å². The van der Waals surface area contributed by atoms with Gasteiger partial charge in [0.2, 0.25) is 11.2 Å². The maximum Gasteiger partial charge on any atom is 0.242 e. The highest BCUT2D eigenvalue weighted by molar-refractivity contribution is 7.16. The Hall–Kier alpha value is -1.40. The molecule has 0 radical (unpaired) electrons. The molecule has 20 heavy (non-hydrogen) atoms. The second-order valence-electron chi connectivity index (χ2n) is 4.99. The summed E-state index contributed by atoms with van der Waals surface area (Å²) < 4.78 is 0. The number of amides is 1. The number of anilines is 1. The fourth-order valence-corrected chi connectivity index (χ4v) is 2.65. The van der Waals surface area contributed by atoms with Gasteiger partial charge in [-0.3, -0.25) is 4.79 Å². The summed E-state index contributed by atoms with van der Waals surface area (Å²) in [4.78, 5) is 21.1. The molecule has 0 aliphatic carbocycles. The summed E-state index contributed by atoms with van der Waals surface area (Å²) in [6.45, 7) is 6.56. The molecule has 0 fully saturated rings. The summed E-state index contributed by atoms with van der Waals surface area (Å²) in [6, 6.07) is 1.53. The Kier molecular flexibility index (Phi) is 4.77. The molecule has 0 saturated heterocycles. The van der Waals surface area contributed by atoms with E-state index in [1.807, 2.05) is 11.4 Å². The number of halogens is 1. The van der Waals surface area contributed by atoms with E-state index < -0.39 is 0 Å². The first-order valence-electron chi connectivity index (χ1n) is 6.42. The van der Waals surface area contributed by atoms with Gasteiger partial charge >= 0.3 is 0 Å². The molecule has 2 aromatic heterocycles. The number of thiophene rings is 1. The monoisotopic (exact) mass is 312 g/mol. The number of nitrogens with one attached hydrogen (secondary N) is 2. The number of nitrogens with zero attached hydrogens (tertiary/aromatic N) is 2. The van der Waals surface area contributed by atoms with Gasteiger partial charge in [-0.25, -0.2) is 9.97 Å². The van der Waals surface area contributed by atoms with Gasteiger partial charge in [0.25, 0.3) is 0 Å². The Balaban J connectivity index is 2.11. The quantitative estimate of drug-likeness (QED) is 0.833. The first kappa shape index (κ1) is 15.0. The van der Waals surface area contributed by atoms with Crippen molar-refractivity contribution in [2.24, 2.45) is 5.92 Å². The van der Waals surface area contributed by atoms with E-state index in [9.17, 15) is 4.79 Å². The molecule has 1 unspecified atom stereocenters. The highest BCUT2D eigenvalue weighted by atomic mass is 35.5. The topological polar surface area (TPSA) is 66.9 Å². The summed E-state index contributed by atoms with van der Waals surface area (Å²) in [7, 11) is 0. The van der Waals surface area contributed by atoms with Crippen LogP contribution in [0.25, 0.3) is 10.2 Å². The molecule has 2 aromatic rings. The third-order valence-corrected chi connectivity index (χ3v) is 3.70. The molecule has 0 spiro atoms. The lowest BCUT2D eigenvalue weighted by Gasteiger charge is -2.16. The molecule has 1 atom stereocenters. The first-order chi connectivity index (χ1) is 9.47. The van der Waals surface area contributed by atoms with Gasteiger partial charge in [-0.1, -0.05) is 13.8 Å². The molecule has 7 heteroatoms. The molecule has 2 heterocycles. The highest BCUT2D eigenvalue weighted by Gasteiger charge is 2.16. The largest absolute Gasteiger partial charge is 0.358 e. The summed E-state index contributed by atoms with van der Waals surface area (Å²) in [5, 5.41) is 8.95. The van der Waals surface area contributed by atoms with Crippen LogP contribution in [-0.2, 0) is 4.79 Å². The predicted octanol–water partition coefficient (Wildman–Crippen LogP) is 2.92. The molecule has 0 aromatic carbocycles. The number of aromatic nitrogens is 2. The van der Waals surface area contributed by atoms with E-state index in [4.69, 9.17) is 11.6 Å². The minimum atomic E-state index is -0.386. The average molecular weight is 313 g/mol. The SMILES string of the molecule is CC(C)CNC(=O)C(C)Nc1nc(Cl)nc2sccc12. The molecule has 2 rings (SSSR count). The molecule has 0 bridgehead atoms. The smallest absolute Gasteiger partial charge is 0.242 e. The highest BCUT2D eigenvalue weighted by Crippen LogP contribution is 2.26. The van der Waals surface area contributed by atoms with Crippen LogP contribution in [0.3, 0.4) is 0 Å². The zero-order valence-electron chi connectivity index (χ0n) is 11.6. The maximum atomic E-state index is 12.0. The molecule has 5 nitrogen and oxygen atoms in total. The third-order valence-electron chi connectivity index (χ3n) is 2.73. The zero-order chi connectivity index (χ0) is 14.7. The Morgan fingerprint density at radius 3 is 2.85 bits per heavy atom. The van der Waals surface area contributed by atoms with Crippen molar-refractivity contribution in [1.29, 1.82) is 0 Å². The number of rotatable bonds is 5. The van der Waals surface area contributed by atoms with Crippen LogP contribution in [0.5, 0.6) is 0 Å². The Morgan fingerprint density at radius 1 is 1.40 bits per heavy atom. The fourth-order valence-electron chi connectivity index (χ4n) is 1.67. The van der Waals surface area contributed by atoms with Gasteiger partial charge < -0.3 is 10.6 Å². The van der Waals surface area contributed by atoms with Gasteiger partial charge in [-0.05, 0) is 35.9 Å². The minimum absolute atomic E-state index is 0.0585. The van der Waals surface area contributed by atoms with Crippen LogP contribution >= 0.6 is 22.9 Å². The van der Waals surface area contributed by atoms with Gasteiger partial charge in [0.15, 0.2) is 0 Å². The van der Waals surface area contributed by atoms with Crippen molar-refractivity contribution in [3.63, 3.8) is 0 Å². The number of carbonyl (C=O) groups excluding carboxylic acids is 1. The van der Waals surface area contributed by atoms with Crippen molar-refractivity contribution in [2.45, 2.75) is 26.8 Å². The number of hydrogen-bond acceptors (Lipinski definition) is 5. The van der Waals surface area contributed by atoms with Crippen LogP contribution in [0.15, 0.2) is 11.4 Å². The lowest BCUT2D eigenvalue weighted by molar-refractivity contribution is -0.121. The second kappa shape index (κ2) is 6.37. The lowest BCUT2D eigenvalue weighted by atomic mass is 10.2. The zero-order valence-corrected chi connectivity index (χ0v) is 13.2. The maximum absolute atomic E-state index is 12.0. The van der Waals surface area contributed by atoms with Crippen molar-refractivity contribution in [3.05, 3.63) is 16.7 Å². The number of fused-ring (bicyclic) bond motifs is 1. The predicted molar refractivity (Wildman–Crippen MR) is 83.4 cm³/mol. The summed E-state index contributed by atoms with van der Waals surface area (Å²) in [5.41, 5.74) is 0. The van der Waals surface area contributed by atoms with E-state index >= 15 is 0 Å². The minimum Gasteiger partial charge on any atom is -0.358 e. The molecule has 0 aliphatic heterocycles.